The molecule has 6 rings (SSSR count). The number of carbonyl (C=O) groups excluding carboxylic acids is 3. The zero-order valence-corrected chi connectivity index (χ0v) is 21.5. The van der Waals surface area contributed by atoms with Crippen molar-refractivity contribution >= 4 is 56.4 Å². The minimum Gasteiger partial charge on any atom is -0.390 e. The van der Waals surface area contributed by atoms with Gasteiger partial charge in [-0.05, 0) is 18.2 Å². The van der Waals surface area contributed by atoms with Crippen LogP contribution in [0.5, 0.6) is 0 Å². The largest absolute Gasteiger partial charge is 0.390 e. The second kappa shape index (κ2) is 10.1. The first kappa shape index (κ1) is 25.1. The van der Waals surface area contributed by atoms with Crippen LogP contribution < -0.4 is 10.6 Å². The number of nitrogens with one attached hydrogen (secondary N) is 3. The van der Waals surface area contributed by atoms with Crippen molar-refractivity contribution in [3.63, 3.8) is 0 Å². The summed E-state index contributed by atoms with van der Waals surface area (Å²) in [5.41, 5.74) is 3.73. The van der Waals surface area contributed by atoms with Crippen molar-refractivity contribution in [3.8, 4) is 0 Å². The Morgan fingerprint density at radius 1 is 1.03 bits per heavy atom. The van der Waals surface area contributed by atoms with Gasteiger partial charge in [-0.1, -0.05) is 24.3 Å². The first-order chi connectivity index (χ1) is 18.9. The monoisotopic (exact) mass is 527 g/mol. The number of carbonyl (C=O) groups is 3. The van der Waals surface area contributed by atoms with E-state index < -0.39 is 17.9 Å². The number of H-pyrrole nitrogens is 1. The number of fused-ring (bicyclic) bond motifs is 2. The van der Waals surface area contributed by atoms with Crippen LogP contribution in [0, 0.1) is 0 Å². The van der Waals surface area contributed by atoms with Gasteiger partial charge in [0.25, 0.3) is 11.8 Å². The van der Waals surface area contributed by atoms with E-state index in [0.29, 0.717) is 42.0 Å². The number of hydrogen-bond donors (Lipinski definition) is 4. The zero-order valence-electron chi connectivity index (χ0n) is 21.5. The third kappa shape index (κ3) is 4.63. The zero-order chi connectivity index (χ0) is 27.1. The summed E-state index contributed by atoms with van der Waals surface area (Å²) in [7, 11) is 0. The molecule has 0 radical (unpaired) electrons. The minimum absolute atomic E-state index is 0.231. The number of amides is 3. The molecular formula is C29H29N5O5. The highest BCUT2D eigenvalue weighted by Crippen LogP contribution is 2.40. The Bertz CT molecular complexity index is 1640. The van der Waals surface area contributed by atoms with Gasteiger partial charge in [-0.2, -0.15) is 0 Å². The third-order valence-corrected chi connectivity index (χ3v) is 7.26. The normalized spacial score (nSPS) is 17.3. The second-order valence-electron chi connectivity index (χ2n) is 9.92. The number of para-hydroxylation sites is 1. The standard InChI is InChI=1S/C29H29N5O5/c1-17(35)31-23-7-4-8-24-25(23)21(16-34(24)15-18(36)14-33-9-11-39-12-10-33)27-26(28(37)32-29(27)38)20-13-30-22-6-3-2-5-19(20)22/h2-8,13,16,18,30,36H,9-12,14-15H2,1H3,(H,31,35)(H,32,37,38). The van der Waals surface area contributed by atoms with Gasteiger partial charge in [0.05, 0.1) is 41.7 Å². The van der Waals surface area contributed by atoms with Gasteiger partial charge in [-0.25, -0.2) is 0 Å². The summed E-state index contributed by atoms with van der Waals surface area (Å²) in [5.74, 6) is -1.25. The van der Waals surface area contributed by atoms with Gasteiger partial charge in [0.2, 0.25) is 5.91 Å². The Hall–Kier alpha value is -4.25. The van der Waals surface area contributed by atoms with E-state index in [0.717, 1.165) is 29.5 Å². The van der Waals surface area contributed by atoms with Crippen molar-refractivity contribution in [2.75, 3.05) is 38.2 Å². The number of ether oxygens (including phenoxy) is 1. The number of benzene rings is 2. The van der Waals surface area contributed by atoms with Crippen molar-refractivity contribution in [3.05, 3.63) is 66.0 Å². The molecule has 2 aromatic carbocycles. The van der Waals surface area contributed by atoms with Crippen LogP contribution in [-0.4, -0.2) is 76.2 Å². The molecule has 10 heteroatoms. The minimum atomic E-state index is -0.683. The van der Waals surface area contributed by atoms with Crippen LogP contribution in [-0.2, 0) is 25.7 Å². The number of anilines is 1. The first-order valence-electron chi connectivity index (χ1n) is 12.9. The van der Waals surface area contributed by atoms with E-state index in [4.69, 9.17) is 4.74 Å². The highest BCUT2D eigenvalue weighted by Gasteiger charge is 2.35. The molecule has 200 valence electrons. The molecule has 1 unspecified atom stereocenters. The predicted octanol–water partition coefficient (Wildman–Crippen LogP) is 2.34. The lowest BCUT2D eigenvalue weighted by molar-refractivity contribution is -0.122. The van der Waals surface area contributed by atoms with Crippen molar-refractivity contribution in [1.29, 1.82) is 0 Å². The van der Waals surface area contributed by atoms with Gasteiger partial charge in [0.15, 0.2) is 0 Å². The van der Waals surface area contributed by atoms with Gasteiger partial charge >= 0.3 is 0 Å². The number of rotatable bonds is 7. The number of aromatic amines is 1. The van der Waals surface area contributed by atoms with E-state index in [1.54, 1.807) is 18.5 Å². The Labute approximate surface area is 224 Å². The van der Waals surface area contributed by atoms with E-state index in [2.05, 4.69) is 20.5 Å². The number of morpholine rings is 1. The molecule has 4 heterocycles. The van der Waals surface area contributed by atoms with E-state index in [-0.39, 0.29) is 23.6 Å². The molecule has 10 nitrogen and oxygen atoms in total. The van der Waals surface area contributed by atoms with Crippen LogP contribution in [0.2, 0.25) is 0 Å². The van der Waals surface area contributed by atoms with Crippen LogP contribution >= 0.6 is 0 Å². The molecule has 0 aliphatic carbocycles. The number of hydrogen-bond acceptors (Lipinski definition) is 6. The number of nitrogens with zero attached hydrogens (tertiary/aromatic N) is 2. The third-order valence-electron chi connectivity index (χ3n) is 7.26. The maximum Gasteiger partial charge on any atom is 0.259 e. The fraction of sp³-hybridized carbons (Fsp3) is 0.276. The van der Waals surface area contributed by atoms with Gasteiger partial charge in [0.1, 0.15) is 0 Å². The molecule has 1 fully saturated rings. The summed E-state index contributed by atoms with van der Waals surface area (Å²) < 4.78 is 7.30. The lowest BCUT2D eigenvalue weighted by Gasteiger charge is -2.28. The van der Waals surface area contributed by atoms with E-state index >= 15 is 0 Å². The number of aliphatic hydroxyl groups is 1. The Morgan fingerprint density at radius 3 is 2.54 bits per heavy atom. The van der Waals surface area contributed by atoms with Crippen LogP contribution in [0.25, 0.3) is 33.0 Å². The summed E-state index contributed by atoms with van der Waals surface area (Å²) >= 11 is 0. The van der Waals surface area contributed by atoms with Crippen LogP contribution in [0.1, 0.15) is 18.1 Å². The number of aliphatic hydroxyl groups excluding tert-OH is 1. The second-order valence-corrected chi connectivity index (χ2v) is 9.92. The molecule has 39 heavy (non-hydrogen) atoms. The average Bonchev–Trinajstić information content (AvgIpc) is 3.57. The number of β-amino-alcohol motifs (C(OH)–C–C–N with tert-alkyl or cyclic N) is 1. The smallest absolute Gasteiger partial charge is 0.259 e. The molecule has 3 amide bonds. The number of aromatic nitrogens is 2. The molecule has 0 saturated carbocycles. The molecule has 4 aromatic rings. The van der Waals surface area contributed by atoms with Crippen LogP contribution in [0.3, 0.4) is 0 Å². The predicted molar refractivity (Wildman–Crippen MR) is 148 cm³/mol. The maximum absolute atomic E-state index is 13.3. The topological polar surface area (TPSA) is 129 Å². The Balaban J connectivity index is 1.51. The summed E-state index contributed by atoms with van der Waals surface area (Å²) in [6.45, 7) is 4.95. The molecular weight excluding hydrogens is 498 g/mol. The summed E-state index contributed by atoms with van der Waals surface area (Å²) in [4.78, 5) is 43.9. The highest BCUT2D eigenvalue weighted by molar-refractivity contribution is 6.51. The molecule has 0 bridgehead atoms. The van der Waals surface area contributed by atoms with Crippen molar-refractivity contribution in [2.45, 2.75) is 19.6 Å². The lowest BCUT2D eigenvalue weighted by Crippen LogP contribution is -2.41. The maximum atomic E-state index is 13.3. The Kier molecular flexibility index (Phi) is 6.51. The van der Waals surface area contributed by atoms with Crippen LogP contribution in [0.4, 0.5) is 5.69 Å². The molecule has 2 aliphatic heterocycles. The Morgan fingerprint density at radius 2 is 1.77 bits per heavy atom. The highest BCUT2D eigenvalue weighted by atomic mass is 16.5. The van der Waals surface area contributed by atoms with Gasteiger partial charge in [-0.15, -0.1) is 0 Å². The first-order valence-corrected chi connectivity index (χ1v) is 12.9. The van der Waals surface area contributed by atoms with Crippen molar-refractivity contribution in [1.82, 2.24) is 19.8 Å². The fourth-order valence-corrected chi connectivity index (χ4v) is 5.60. The average molecular weight is 528 g/mol. The van der Waals surface area contributed by atoms with Crippen molar-refractivity contribution in [2.24, 2.45) is 0 Å². The SMILES string of the molecule is CC(=O)Nc1cccc2c1c(C1=C(c3c[nH]c4ccccc34)C(=O)NC1=O)cn2CC(O)CN1CCOCC1. The van der Waals surface area contributed by atoms with Crippen LogP contribution in [0.15, 0.2) is 54.9 Å². The van der Waals surface area contributed by atoms with E-state index in [1.165, 1.54) is 6.92 Å². The lowest BCUT2D eigenvalue weighted by atomic mass is 9.95. The molecule has 1 saturated heterocycles. The quantitative estimate of drug-likeness (QED) is 0.273. The van der Waals surface area contributed by atoms with E-state index in [9.17, 15) is 19.5 Å². The van der Waals surface area contributed by atoms with Crippen molar-refractivity contribution < 1.29 is 24.2 Å². The summed E-state index contributed by atoms with van der Waals surface area (Å²) in [5, 5.41) is 17.8. The van der Waals surface area contributed by atoms with Gasteiger partial charge in [-0.3, -0.25) is 24.6 Å². The molecule has 4 N–H and O–H groups in total. The molecule has 1 atom stereocenters. The molecule has 2 aliphatic rings. The van der Waals surface area contributed by atoms with Gasteiger partial charge in [0, 0.05) is 72.9 Å². The summed E-state index contributed by atoms with van der Waals surface area (Å²) in [6.07, 6.45) is 2.84. The molecule has 0 spiro atoms. The summed E-state index contributed by atoms with van der Waals surface area (Å²) in [6, 6.07) is 13.0. The number of imide groups is 1. The van der Waals surface area contributed by atoms with E-state index in [1.807, 2.05) is 41.0 Å². The fourth-order valence-electron chi connectivity index (χ4n) is 5.60. The molecule has 2 aromatic heterocycles. The van der Waals surface area contributed by atoms with Gasteiger partial charge < -0.3 is 24.7 Å².